The zero-order chi connectivity index (χ0) is 17.4. The lowest BCUT2D eigenvalue weighted by atomic mass is 10.1. The molecule has 128 valence electrons. The summed E-state index contributed by atoms with van der Waals surface area (Å²) in [6, 6.07) is 14.8. The summed E-state index contributed by atoms with van der Waals surface area (Å²) in [4.78, 5) is 11.8. The van der Waals surface area contributed by atoms with Crippen LogP contribution in [0.3, 0.4) is 0 Å². The Morgan fingerprint density at radius 1 is 1.17 bits per heavy atom. The number of methoxy groups -OCH3 is 1. The van der Waals surface area contributed by atoms with Crippen LogP contribution in [0.5, 0.6) is 11.5 Å². The Hall–Kier alpha value is -2.69. The van der Waals surface area contributed by atoms with Crippen LogP contribution in [-0.4, -0.2) is 24.4 Å². The van der Waals surface area contributed by atoms with Gasteiger partial charge in [0.25, 0.3) is 0 Å². The second kappa shape index (κ2) is 8.82. The van der Waals surface area contributed by atoms with Gasteiger partial charge in [-0.15, -0.1) is 0 Å². The molecule has 2 rings (SSSR count). The molecule has 0 fully saturated rings. The molecule has 24 heavy (non-hydrogen) atoms. The number of nitrogens with one attached hydrogen (secondary N) is 1. The molecule has 2 N–H and O–H groups in total. The molecule has 2 aromatic rings. The van der Waals surface area contributed by atoms with Crippen LogP contribution in [-0.2, 0) is 17.8 Å². The maximum atomic E-state index is 11.8. The minimum absolute atomic E-state index is 0.0203. The van der Waals surface area contributed by atoms with Gasteiger partial charge in [0, 0.05) is 6.04 Å². The van der Waals surface area contributed by atoms with Crippen LogP contribution in [0.15, 0.2) is 48.5 Å². The molecule has 0 aromatic heterocycles. The van der Waals surface area contributed by atoms with E-state index in [4.69, 9.17) is 9.47 Å². The van der Waals surface area contributed by atoms with E-state index in [1.807, 2.05) is 43.3 Å². The molecule has 1 unspecified atom stereocenters. The fraction of sp³-hybridized carbons (Fsp3) is 0.316. The first kappa shape index (κ1) is 17.7. The van der Waals surface area contributed by atoms with E-state index in [-0.39, 0.29) is 18.4 Å². The molecule has 0 spiro atoms. The third kappa shape index (κ3) is 5.50. The van der Waals surface area contributed by atoms with E-state index >= 15 is 0 Å². The summed E-state index contributed by atoms with van der Waals surface area (Å²) < 4.78 is 10.3. The van der Waals surface area contributed by atoms with Gasteiger partial charge in [-0.25, -0.2) is 4.79 Å². The highest BCUT2D eigenvalue weighted by atomic mass is 16.5. The summed E-state index contributed by atoms with van der Waals surface area (Å²) in [5, 5.41) is 12.4. The van der Waals surface area contributed by atoms with Crippen LogP contribution in [0.2, 0.25) is 0 Å². The third-order valence-electron chi connectivity index (χ3n) is 3.69. The highest BCUT2D eigenvalue weighted by molar-refractivity contribution is 5.67. The minimum Gasteiger partial charge on any atom is -0.504 e. The van der Waals surface area contributed by atoms with E-state index in [0.29, 0.717) is 5.75 Å². The summed E-state index contributed by atoms with van der Waals surface area (Å²) in [5.41, 5.74) is 1.99. The van der Waals surface area contributed by atoms with Crippen molar-refractivity contribution >= 4 is 6.09 Å². The van der Waals surface area contributed by atoms with Gasteiger partial charge >= 0.3 is 6.09 Å². The van der Waals surface area contributed by atoms with Gasteiger partial charge in [-0.1, -0.05) is 36.4 Å². The first-order valence-corrected chi connectivity index (χ1v) is 7.91. The average Bonchev–Trinajstić information content (AvgIpc) is 2.60. The monoisotopic (exact) mass is 329 g/mol. The lowest BCUT2D eigenvalue weighted by molar-refractivity contribution is 0.136. The Kier molecular flexibility index (Phi) is 6.49. The normalized spacial score (nSPS) is 11.6. The maximum absolute atomic E-state index is 11.8. The Labute approximate surface area is 142 Å². The maximum Gasteiger partial charge on any atom is 0.407 e. The van der Waals surface area contributed by atoms with Crippen LogP contribution in [0.25, 0.3) is 0 Å². The molecule has 0 bridgehead atoms. The lowest BCUT2D eigenvalue weighted by Gasteiger charge is -2.14. The molecule has 0 aliphatic rings. The first-order valence-electron chi connectivity index (χ1n) is 7.91. The van der Waals surface area contributed by atoms with E-state index < -0.39 is 6.09 Å². The predicted octanol–water partition coefficient (Wildman–Crippen LogP) is 3.65. The topological polar surface area (TPSA) is 67.8 Å². The van der Waals surface area contributed by atoms with Crippen LogP contribution in [0.1, 0.15) is 24.5 Å². The molecule has 0 saturated heterocycles. The van der Waals surface area contributed by atoms with E-state index in [9.17, 15) is 9.90 Å². The van der Waals surface area contributed by atoms with Crippen molar-refractivity contribution in [3.05, 3.63) is 59.7 Å². The molecule has 0 aliphatic carbocycles. The second-order valence-electron chi connectivity index (χ2n) is 5.65. The van der Waals surface area contributed by atoms with Crippen molar-refractivity contribution in [1.82, 2.24) is 5.32 Å². The van der Waals surface area contributed by atoms with Crippen molar-refractivity contribution in [3.8, 4) is 11.5 Å². The first-order chi connectivity index (χ1) is 11.6. The van der Waals surface area contributed by atoms with Crippen molar-refractivity contribution in [2.24, 2.45) is 0 Å². The molecule has 1 amide bonds. The SMILES string of the molecule is COc1cc(CCC(C)NC(=O)OCc2ccccc2)ccc1O. The summed E-state index contributed by atoms with van der Waals surface area (Å²) in [6.07, 6.45) is 1.10. The number of hydrogen-bond acceptors (Lipinski definition) is 4. The fourth-order valence-corrected chi connectivity index (χ4v) is 2.30. The summed E-state index contributed by atoms with van der Waals surface area (Å²) >= 11 is 0. The van der Waals surface area contributed by atoms with Gasteiger partial charge in [0.1, 0.15) is 6.61 Å². The van der Waals surface area contributed by atoms with Gasteiger partial charge in [-0.3, -0.25) is 0 Å². The number of aromatic hydroxyl groups is 1. The molecule has 0 radical (unpaired) electrons. The number of carbonyl (C=O) groups is 1. The van der Waals surface area contributed by atoms with E-state index in [1.165, 1.54) is 7.11 Å². The number of rotatable bonds is 7. The molecule has 2 aromatic carbocycles. The number of ether oxygens (including phenoxy) is 2. The number of carbonyl (C=O) groups excluding carboxylic acids is 1. The zero-order valence-electron chi connectivity index (χ0n) is 14.0. The highest BCUT2D eigenvalue weighted by Gasteiger charge is 2.10. The van der Waals surface area contributed by atoms with Crippen LogP contribution >= 0.6 is 0 Å². The largest absolute Gasteiger partial charge is 0.504 e. The lowest BCUT2D eigenvalue weighted by Crippen LogP contribution is -2.33. The quantitative estimate of drug-likeness (QED) is 0.813. The standard InChI is InChI=1S/C19H23NO4/c1-14(8-9-15-10-11-17(21)18(12-15)23-2)20-19(22)24-13-16-6-4-3-5-7-16/h3-7,10-12,14,21H,8-9,13H2,1-2H3,(H,20,22). The van der Waals surface area contributed by atoms with Crippen molar-refractivity contribution in [2.75, 3.05) is 7.11 Å². The number of alkyl carbamates (subject to hydrolysis) is 1. The number of benzene rings is 2. The van der Waals surface area contributed by atoms with Crippen molar-refractivity contribution in [3.63, 3.8) is 0 Å². The van der Waals surface area contributed by atoms with E-state index in [2.05, 4.69) is 5.32 Å². The number of hydrogen-bond donors (Lipinski definition) is 2. The van der Waals surface area contributed by atoms with Crippen molar-refractivity contribution in [2.45, 2.75) is 32.4 Å². The molecular formula is C19H23NO4. The Morgan fingerprint density at radius 3 is 2.62 bits per heavy atom. The summed E-state index contributed by atoms with van der Waals surface area (Å²) in [7, 11) is 1.52. The minimum atomic E-state index is -0.422. The van der Waals surface area contributed by atoms with Crippen LogP contribution in [0, 0.1) is 0 Å². The van der Waals surface area contributed by atoms with Crippen molar-refractivity contribution in [1.29, 1.82) is 0 Å². The van der Waals surface area contributed by atoms with Gasteiger partial charge < -0.3 is 19.9 Å². The highest BCUT2D eigenvalue weighted by Crippen LogP contribution is 2.26. The third-order valence-corrected chi connectivity index (χ3v) is 3.69. The number of amides is 1. The summed E-state index contributed by atoms with van der Waals surface area (Å²) in [5.74, 6) is 0.576. The van der Waals surface area contributed by atoms with Gasteiger partial charge in [0.05, 0.1) is 7.11 Å². The molecule has 0 aliphatic heterocycles. The Morgan fingerprint density at radius 2 is 1.92 bits per heavy atom. The zero-order valence-corrected chi connectivity index (χ0v) is 14.0. The van der Waals surface area contributed by atoms with Gasteiger partial charge in [-0.05, 0) is 43.0 Å². The molecule has 5 heteroatoms. The van der Waals surface area contributed by atoms with Gasteiger partial charge in [0.15, 0.2) is 11.5 Å². The molecule has 0 saturated carbocycles. The van der Waals surface area contributed by atoms with Crippen LogP contribution < -0.4 is 10.1 Å². The van der Waals surface area contributed by atoms with Crippen molar-refractivity contribution < 1.29 is 19.4 Å². The second-order valence-corrected chi connectivity index (χ2v) is 5.65. The predicted molar refractivity (Wildman–Crippen MR) is 92.2 cm³/mol. The van der Waals surface area contributed by atoms with Gasteiger partial charge in [0.2, 0.25) is 0 Å². The number of aryl methyl sites for hydroxylation is 1. The van der Waals surface area contributed by atoms with Gasteiger partial charge in [-0.2, -0.15) is 0 Å². The number of phenolic OH excluding ortho intramolecular Hbond substituents is 1. The molecule has 1 atom stereocenters. The average molecular weight is 329 g/mol. The Bertz CT molecular complexity index is 658. The van der Waals surface area contributed by atoms with E-state index in [1.54, 1.807) is 12.1 Å². The molecule has 0 heterocycles. The fourth-order valence-electron chi connectivity index (χ4n) is 2.30. The molecule has 5 nitrogen and oxygen atoms in total. The number of phenols is 1. The van der Waals surface area contributed by atoms with E-state index in [0.717, 1.165) is 24.0 Å². The van der Waals surface area contributed by atoms with Crippen LogP contribution in [0.4, 0.5) is 4.79 Å². The smallest absolute Gasteiger partial charge is 0.407 e. The molecular weight excluding hydrogens is 306 g/mol. The summed E-state index contributed by atoms with van der Waals surface area (Å²) in [6.45, 7) is 2.19. The Balaban J connectivity index is 1.74.